The van der Waals surface area contributed by atoms with Gasteiger partial charge in [-0.2, -0.15) is 0 Å². The predicted molar refractivity (Wildman–Crippen MR) is 223 cm³/mol. The Morgan fingerprint density at radius 2 is 0.586 bits per heavy atom. The van der Waals surface area contributed by atoms with E-state index < -0.39 is 43.9 Å². The second-order valence-corrected chi connectivity index (χ2v) is 18.3. The normalized spacial score (nSPS) is 13.0. The smallest absolute Gasteiger partial charge is 0.748 e. The zero-order valence-electron chi connectivity index (χ0n) is 37.7. The molecule has 0 heterocycles. The summed E-state index contributed by atoms with van der Waals surface area (Å²) in [6.07, 6.45) is 29.8. The predicted octanol–water partition coefficient (Wildman–Crippen LogP) is 3.10. The van der Waals surface area contributed by atoms with Crippen LogP contribution in [0.2, 0.25) is 0 Å². The molecule has 0 rings (SSSR count). The van der Waals surface area contributed by atoms with E-state index in [2.05, 4.69) is 13.8 Å². The van der Waals surface area contributed by atoms with Gasteiger partial charge in [-0.05, 0) is 25.7 Å². The summed E-state index contributed by atoms with van der Waals surface area (Å²) in [5, 5.41) is 0. The Balaban J connectivity index is -0.0000151. The van der Waals surface area contributed by atoms with Gasteiger partial charge >= 0.3 is 59.1 Å². The van der Waals surface area contributed by atoms with Crippen molar-refractivity contribution in [1.82, 2.24) is 0 Å². The van der Waals surface area contributed by atoms with Crippen molar-refractivity contribution in [3.8, 4) is 0 Å². The first-order chi connectivity index (χ1) is 27.1. The molecule has 0 saturated heterocycles. The number of unbranched alkanes of at least 4 members (excludes halogenated alkanes) is 22. The van der Waals surface area contributed by atoms with Crippen LogP contribution in [0.4, 0.5) is 0 Å². The molecule has 2 unspecified atom stereocenters. The molecule has 0 saturated carbocycles. The van der Waals surface area contributed by atoms with Crippen molar-refractivity contribution in [2.24, 2.45) is 0 Å². The Kier molecular flexibility index (Phi) is 52.9. The average molecular weight is 891 g/mol. The van der Waals surface area contributed by atoms with E-state index in [4.69, 9.17) is 28.4 Å². The fourth-order valence-corrected chi connectivity index (χ4v) is 7.27. The van der Waals surface area contributed by atoms with E-state index in [9.17, 15) is 25.9 Å². The largest absolute Gasteiger partial charge is 1.00 e. The Bertz CT molecular complexity index is 946. The molecule has 0 aliphatic carbocycles. The van der Waals surface area contributed by atoms with Crippen molar-refractivity contribution in [3.05, 3.63) is 0 Å². The monoisotopic (exact) mass is 891 g/mol. The molecule has 0 amide bonds. The molecule has 0 spiro atoms. The second-order valence-electron chi connectivity index (χ2n) is 15.3. The maximum absolute atomic E-state index is 11.0. The van der Waals surface area contributed by atoms with Crippen LogP contribution in [-0.4, -0.2) is 116 Å². The molecule has 2 atom stereocenters. The average Bonchev–Trinajstić information content (AvgIpc) is 3.15. The fraction of sp³-hybridized carbons (Fsp3) is 1.00. The minimum atomic E-state index is -4.30. The summed E-state index contributed by atoms with van der Waals surface area (Å²) in [7, 11) is -8.60. The summed E-state index contributed by atoms with van der Waals surface area (Å²) < 4.78 is 101. The first-order valence-corrected chi connectivity index (χ1v) is 25.6. The summed E-state index contributed by atoms with van der Waals surface area (Å²) in [4.78, 5) is 0. The molecule has 0 N–H and O–H groups in total. The van der Waals surface area contributed by atoms with Gasteiger partial charge in [-0.25, -0.2) is 16.8 Å². The minimum absolute atomic E-state index is 0. The van der Waals surface area contributed by atoms with Gasteiger partial charge in [-0.3, -0.25) is 0 Å². The van der Waals surface area contributed by atoms with Crippen LogP contribution < -0.4 is 59.1 Å². The van der Waals surface area contributed by atoms with Crippen molar-refractivity contribution >= 4 is 20.2 Å². The number of ether oxygens (including phenoxy) is 6. The Morgan fingerprint density at radius 1 is 0.345 bits per heavy atom. The number of hydrogen-bond acceptors (Lipinski definition) is 12. The van der Waals surface area contributed by atoms with Crippen LogP contribution in [-0.2, 0) is 48.7 Å². The summed E-state index contributed by atoms with van der Waals surface area (Å²) in [6.45, 7) is 7.52. The zero-order valence-corrected chi connectivity index (χ0v) is 43.4. The van der Waals surface area contributed by atoms with Crippen LogP contribution in [0.5, 0.6) is 0 Å². The SMILES string of the molecule is CCCCCCCCCCCCCCOCC(COCCOCC(COCCCCCCCCCCCCCC)OCCCS(=O)(=O)[O-])OCCCS(=O)(=O)[O-].[Na+].[Na+]. The van der Waals surface area contributed by atoms with Crippen LogP contribution in [0.1, 0.15) is 181 Å². The van der Waals surface area contributed by atoms with Crippen molar-refractivity contribution < 1.29 is 113 Å². The summed E-state index contributed by atoms with van der Waals surface area (Å²) in [6, 6.07) is 0. The molecule has 0 aromatic carbocycles. The van der Waals surface area contributed by atoms with Crippen molar-refractivity contribution in [2.75, 3.05) is 77.6 Å². The van der Waals surface area contributed by atoms with Crippen LogP contribution in [0.25, 0.3) is 0 Å². The van der Waals surface area contributed by atoms with Gasteiger partial charge in [-0.1, -0.05) is 155 Å². The fourth-order valence-electron chi connectivity index (χ4n) is 6.33. The first kappa shape index (κ1) is 63.9. The molecule has 0 radical (unpaired) electrons. The van der Waals surface area contributed by atoms with E-state index in [1.807, 2.05) is 0 Å². The summed E-state index contributed by atoms with van der Waals surface area (Å²) in [5.41, 5.74) is 0. The first-order valence-electron chi connectivity index (χ1n) is 22.5. The van der Waals surface area contributed by atoms with E-state index in [0.29, 0.717) is 26.4 Å². The molecule has 12 nitrogen and oxygen atoms in total. The van der Waals surface area contributed by atoms with Crippen molar-refractivity contribution in [2.45, 2.75) is 193 Å². The summed E-state index contributed by atoms with van der Waals surface area (Å²) in [5.74, 6) is -0.958. The van der Waals surface area contributed by atoms with Gasteiger partial charge in [0.1, 0.15) is 12.2 Å². The molecule has 0 bridgehead atoms. The Hall–Kier alpha value is 1.58. The molecule has 58 heavy (non-hydrogen) atoms. The van der Waals surface area contributed by atoms with Gasteiger partial charge in [0.2, 0.25) is 0 Å². The van der Waals surface area contributed by atoms with E-state index in [1.54, 1.807) is 0 Å². The van der Waals surface area contributed by atoms with E-state index in [1.165, 1.54) is 128 Å². The number of hydrogen-bond donors (Lipinski definition) is 0. The van der Waals surface area contributed by atoms with Crippen molar-refractivity contribution in [3.63, 3.8) is 0 Å². The quantitative estimate of drug-likeness (QED) is 0.0498. The van der Waals surface area contributed by atoms with E-state index >= 15 is 0 Å². The topological polar surface area (TPSA) is 170 Å². The third kappa shape index (κ3) is 53.7. The van der Waals surface area contributed by atoms with E-state index in [0.717, 1.165) is 25.7 Å². The molecule has 16 heteroatoms. The minimum Gasteiger partial charge on any atom is -0.748 e. The van der Waals surface area contributed by atoms with E-state index in [-0.39, 0.29) is 112 Å². The molecular formula is C42H84Na2O12S2. The Morgan fingerprint density at radius 3 is 0.845 bits per heavy atom. The molecular weight excluding hydrogens is 807 g/mol. The number of rotatable bonds is 47. The molecule has 338 valence electrons. The van der Waals surface area contributed by atoms with Gasteiger partial charge in [0.25, 0.3) is 0 Å². The maximum Gasteiger partial charge on any atom is 1.00 e. The second kappa shape index (κ2) is 48.0. The van der Waals surface area contributed by atoms with Crippen molar-refractivity contribution in [1.29, 1.82) is 0 Å². The van der Waals surface area contributed by atoms with Crippen LogP contribution >= 0.6 is 0 Å². The van der Waals surface area contributed by atoms with Crippen LogP contribution in [0.15, 0.2) is 0 Å². The Labute approximate surface area is 400 Å². The van der Waals surface area contributed by atoms with Gasteiger partial charge in [0, 0.05) is 37.9 Å². The molecule has 0 aliphatic heterocycles. The summed E-state index contributed by atoms with van der Waals surface area (Å²) >= 11 is 0. The zero-order chi connectivity index (χ0) is 41.3. The maximum atomic E-state index is 11.0. The molecule has 0 aromatic rings. The van der Waals surface area contributed by atoms with Crippen LogP contribution in [0.3, 0.4) is 0 Å². The van der Waals surface area contributed by atoms with Gasteiger partial charge in [-0.15, -0.1) is 0 Å². The third-order valence-electron chi connectivity index (χ3n) is 9.66. The standard InChI is InChI=1S/C42H86O12S2.2Na/c1-3-5-7-9-11-13-15-17-19-21-23-25-29-49-37-41(53-31-27-35-55(43,44)45)39-51-33-34-52-40-42(54-32-28-36-56(46,47)48)38-50-30-26-24-22-20-18-16-14-12-10-8-6-4-2;;/h41-42H,3-40H2,1-2H3,(H,43,44,45)(H,46,47,48);;/q;2*+1/p-2. The van der Waals surface area contributed by atoms with Crippen LogP contribution in [0, 0.1) is 0 Å². The van der Waals surface area contributed by atoms with Gasteiger partial charge < -0.3 is 37.5 Å². The molecule has 0 aliphatic rings. The third-order valence-corrected chi connectivity index (χ3v) is 11.2. The van der Waals surface area contributed by atoms with Gasteiger partial charge in [0.15, 0.2) is 0 Å². The molecule has 0 aromatic heterocycles. The van der Waals surface area contributed by atoms with Gasteiger partial charge in [0.05, 0.1) is 59.9 Å². The molecule has 0 fully saturated rings.